The molecule has 1 aromatic carbocycles. The molecule has 1 aromatic heterocycles. The molecule has 2 aliphatic rings. The summed E-state index contributed by atoms with van der Waals surface area (Å²) >= 11 is 6.14. The molecule has 0 radical (unpaired) electrons. The molecule has 7 heteroatoms. The van der Waals surface area contributed by atoms with Gasteiger partial charge < -0.3 is 10.4 Å². The minimum atomic E-state index is -0.641. The second kappa shape index (κ2) is 7.58. The first-order chi connectivity index (χ1) is 13.3. The normalized spacial score (nSPS) is 25.1. The SMILES string of the molecule is CC(C)(O)CN1C[C@H]2C[C@@H](Nc3ccc(-c4cc(F)ccc4Cl)nn3)C[C@H]2C1. The molecular formula is C21H26ClFN4O. The molecular weight excluding hydrogens is 379 g/mol. The lowest BCUT2D eigenvalue weighted by Gasteiger charge is -2.26. The third kappa shape index (κ3) is 4.45. The summed E-state index contributed by atoms with van der Waals surface area (Å²) in [6.45, 7) is 6.56. The largest absolute Gasteiger partial charge is 0.389 e. The van der Waals surface area contributed by atoms with E-state index in [0.717, 1.165) is 38.3 Å². The van der Waals surface area contributed by atoms with Crippen LogP contribution in [0.1, 0.15) is 26.7 Å². The molecule has 2 fully saturated rings. The number of halogens is 2. The molecule has 4 rings (SSSR count). The van der Waals surface area contributed by atoms with Crippen LogP contribution in [0.2, 0.25) is 5.02 Å². The third-order valence-corrected chi connectivity index (χ3v) is 5.99. The predicted octanol–water partition coefficient (Wildman–Crippen LogP) is 3.83. The number of aromatic nitrogens is 2. The van der Waals surface area contributed by atoms with Crippen LogP contribution in [0.25, 0.3) is 11.3 Å². The first-order valence-corrected chi connectivity index (χ1v) is 10.1. The zero-order valence-electron chi connectivity index (χ0n) is 16.2. The van der Waals surface area contributed by atoms with Crippen LogP contribution < -0.4 is 5.32 Å². The number of likely N-dealkylation sites (tertiary alicyclic amines) is 1. The molecule has 150 valence electrons. The summed E-state index contributed by atoms with van der Waals surface area (Å²) in [4.78, 5) is 2.38. The van der Waals surface area contributed by atoms with Crippen LogP contribution in [0, 0.1) is 17.7 Å². The van der Waals surface area contributed by atoms with E-state index in [-0.39, 0.29) is 5.82 Å². The number of nitrogens with one attached hydrogen (secondary N) is 1. The Morgan fingerprint density at radius 3 is 2.50 bits per heavy atom. The molecule has 2 aromatic rings. The van der Waals surface area contributed by atoms with Gasteiger partial charge in [-0.15, -0.1) is 10.2 Å². The fourth-order valence-corrected chi connectivity index (χ4v) is 4.86. The fourth-order valence-electron chi connectivity index (χ4n) is 4.65. The first-order valence-electron chi connectivity index (χ1n) is 9.77. The van der Waals surface area contributed by atoms with Gasteiger partial charge in [-0.1, -0.05) is 11.6 Å². The first kappa shape index (κ1) is 19.6. The van der Waals surface area contributed by atoms with Gasteiger partial charge in [0.05, 0.1) is 16.3 Å². The average molecular weight is 405 g/mol. The summed E-state index contributed by atoms with van der Waals surface area (Å²) in [5.74, 6) is 1.71. The Bertz CT molecular complexity index is 825. The Morgan fingerprint density at radius 1 is 1.18 bits per heavy atom. The number of nitrogens with zero attached hydrogens (tertiary/aromatic N) is 3. The average Bonchev–Trinajstić information content (AvgIpc) is 3.14. The van der Waals surface area contributed by atoms with Crippen LogP contribution in [-0.4, -0.2) is 51.5 Å². The molecule has 1 saturated heterocycles. The lowest BCUT2D eigenvalue weighted by Crippen LogP contribution is -2.38. The highest BCUT2D eigenvalue weighted by Crippen LogP contribution is 2.39. The molecule has 2 N–H and O–H groups in total. The van der Waals surface area contributed by atoms with Gasteiger partial charge in [0.15, 0.2) is 0 Å². The topological polar surface area (TPSA) is 61.3 Å². The third-order valence-electron chi connectivity index (χ3n) is 5.66. The number of aliphatic hydroxyl groups is 1. The van der Waals surface area contributed by atoms with Gasteiger partial charge in [-0.3, -0.25) is 4.90 Å². The van der Waals surface area contributed by atoms with Crippen LogP contribution in [0.4, 0.5) is 10.2 Å². The van der Waals surface area contributed by atoms with E-state index < -0.39 is 5.60 Å². The highest BCUT2D eigenvalue weighted by atomic mass is 35.5. The van der Waals surface area contributed by atoms with Gasteiger partial charge >= 0.3 is 0 Å². The molecule has 1 aliphatic heterocycles. The van der Waals surface area contributed by atoms with Gasteiger partial charge in [0.25, 0.3) is 0 Å². The molecule has 0 bridgehead atoms. The smallest absolute Gasteiger partial charge is 0.148 e. The van der Waals surface area contributed by atoms with Gasteiger partial charge in [0.1, 0.15) is 11.6 Å². The summed E-state index contributed by atoms with van der Waals surface area (Å²) in [5, 5.41) is 22.4. The number of rotatable bonds is 5. The van der Waals surface area contributed by atoms with E-state index in [1.54, 1.807) is 0 Å². The lowest BCUT2D eigenvalue weighted by atomic mass is 10.0. The zero-order valence-corrected chi connectivity index (χ0v) is 17.0. The molecule has 0 spiro atoms. The summed E-state index contributed by atoms with van der Waals surface area (Å²) in [5.41, 5.74) is 0.460. The number of hydrogen-bond donors (Lipinski definition) is 2. The minimum absolute atomic E-state index is 0.348. The van der Waals surface area contributed by atoms with Crippen molar-refractivity contribution in [2.45, 2.75) is 38.3 Å². The van der Waals surface area contributed by atoms with Crippen molar-refractivity contribution in [2.75, 3.05) is 25.0 Å². The Kier molecular flexibility index (Phi) is 5.29. The second-order valence-corrected chi connectivity index (χ2v) is 9.17. The molecule has 28 heavy (non-hydrogen) atoms. The standard InChI is InChI=1S/C21H26ClFN4O/c1-21(2,28)12-27-10-13-7-16(8-14(13)11-27)24-20-6-5-19(25-26-20)17-9-15(23)3-4-18(17)22/h3-6,9,13-14,16,28H,7-8,10-12H2,1-2H3,(H,24,26)/t13-,14+,16-. The van der Waals surface area contributed by atoms with Crippen molar-refractivity contribution in [3.8, 4) is 11.3 Å². The monoisotopic (exact) mass is 404 g/mol. The Hall–Kier alpha value is -1.76. The lowest BCUT2D eigenvalue weighted by molar-refractivity contribution is 0.0414. The number of fused-ring (bicyclic) bond motifs is 1. The highest BCUT2D eigenvalue weighted by Gasteiger charge is 2.41. The zero-order chi connectivity index (χ0) is 19.9. The second-order valence-electron chi connectivity index (χ2n) is 8.77. The molecule has 0 unspecified atom stereocenters. The molecule has 0 amide bonds. The molecule has 2 heterocycles. The highest BCUT2D eigenvalue weighted by molar-refractivity contribution is 6.33. The Balaban J connectivity index is 1.35. The quantitative estimate of drug-likeness (QED) is 0.793. The summed E-state index contributed by atoms with van der Waals surface area (Å²) < 4.78 is 13.5. The van der Waals surface area contributed by atoms with Crippen LogP contribution in [0.5, 0.6) is 0 Å². The predicted molar refractivity (Wildman–Crippen MR) is 109 cm³/mol. The molecule has 3 atom stereocenters. The maximum absolute atomic E-state index is 13.5. The number of anilines is 1. The molecule has 1 saturated carbocycles. The van der Waals surface area contributed by atoms with E-state index >= 15 is 0 Å². The van der Waals surface area contributed by atoms with Crippen LogP contribution in [-0.2, 0) is 0 Å². The van der Waals surface area contributed by atoms with Gasteiger partial charge in [0, 0.05) is 31.2 Å². The van der Waals surface area contributed by atoms with Crippen molar-refractivity contribution in [1.82, 2.24) is 15.1 Å². The Labute approximate surface area is 169 Å². The summed E-state index contributed by atoms with van der Waals surface area (Å²) in [6.07, 6.45) is 2.21. The van der Waals surface area contributed by atoms with Crippen molar-refractivity contribution in [1.29, 1.82) is 0 Å². The van der Waals surface area contributed by atoms with Crippen LogP contribution in [0.3, 0.4) is 0 Å². The van der Waals surface area contributed by atoms with E-state index in [2.05, 4.69) is 20.4 Å². The Morgan fingerprint density at radius 2 is 1.89 bits per heavy atom. The van der Waals surface area contributed by atoms with E-state index in [1.165, 1.54) is 18.2 Å². The van der Waals surface area contributed by atoms with Gasteiger partial charge in [-0.25, -0.2) is 4.39 Å². The summed E-state index contributed by atoms with van der Waals surface area (Å²) in [6, 6.07) is 8.30. The number of benzene rings is 1. The minimum Gasteiger partial charge on any atom is -0.389 e. The van der Waals surface area contributed by atoms with Gasteiger partial charge in [0.2, 0.25) is 0 Å². The fraction of sp³-hybridized carbons (Fsp3) is 0.524. The van der Waals surface area contributed by atoms with Crippen molar-refractivity contribution >= 4 is 17.4 Å². The van der Waals surface area contributed by atoms with E-state index in [9.17, 15) is 9.50 Å². The maximum atomic E-state index is 13.5. The number of hydrogen-bond acceptors (Lipinski definition) is 5. The molecule has 1 aliphatic carbocycles. The van der Waals surface area contributed by atoms with Crippen molar-refractivity contribution in [3.63, 3.8) is 0 Å². The van der Waals surface area contributed by atoms with E-state index in [0.29, 0.717) is 34.2 Å². The van der Waals surface area contributed by atoms with Crippen molar-refractivity contribution in [3.05, 3.63) is 41.2 Å². The van der Waals surface area contributed by atoms with E-state index in [1.807, 2.05) is 26.0 Å². The van der Waals surface area contributed by atoms with Crippen LogP contribution >= 0.6 is 11.6 Å². The van der Waals surface area contributed by atoms with E-state index in [4.69, 9.17) is 11.6 Å². The van der Waals surface area contributed by atoms with Gasteiger partial charge in [-0.05, 0) is 68.9 Å². The van der Waals surface area contributed by atoms with Crippen molar-refractivity contribution < 1.29 is 9.50 Å². The maximum Gasteiger partial charge on any atom is 0.148 e. The van der Waals surface area contributed by atoms with Crippen molar-refractivity contribution in [2.24, 2.45) is 11.8 Å². The summed E-state index contributed by atoms with van der Waals surface area (Å²) in [7, 11) is 0. The number of β-amino-alcohol motifs (C(OH)–C–C–N with tert-alkyl or cyclic N) is 1. The van der Waals surface area contributed by atoms with Gasteiger partial charge in [-0.2, -0.15) is 0 Å². The van der Waals surface area contributed by atoms with Crippen LogP contribution in [0.15, 0.2) is 30.3 Å². The molecule has 5 nitrogen and oxygen atoms in total.